The van der Waals surface area contributed by atoms with E-state index in [-0.39, 0.29) is 17.5 Å². The first-order chi connectivity index (χ1) is 6.86. The first-order valence-corrected chi connectivity index (χ1v) is 4.15. The van der Waals surface area contributed by atoms with E-state index in [9.17, 15) is 18.0 Å². The number of halogens is 3. The van der Waals surface area contributed by atoms with Crippen LogP contribution >= 0.6 is 0 Å². The van der Waals surface area contributed by atoms with Crippen LogP contribution in [-0.2, 0) is 12.6 Å². The van der Waals surface area contributed by atoms with Gasteiger partial charge in [-0.05, 0) is 18.1 Å². The van der Waals surface area contributed by atoms with Gasteiger partial charge >= 0.3 is 12.1 Å². The summed E-state index contributed by atoms with van der Waals surface area (Å²) in [4.78, 5) is 13.7. The average molecular weight is 219 g/mol. The summed E-state index contributed by atoms with van der Waals surface area (Å²) in [5.74, 6) is -1.27. The highest BCUT2D eigenvalue weighted by Crippen LogP contribution is 2.28. The van der Waals surface area contributed by atoms with E-state index in [1.807, 2.05) is 0 Å². The van der Waals surface area contributed by atoms with E-state index in [0.717, 1.165) is 12.3 Å². The Bertz CT molecular complexity index is 387. The predicted octanol–water partition coefficient (Wildman–Crippen LogP) is 2.36. The first-order valence-electron chi connectivity index (χ1n) is 4.15. The molecule has 1 aromatic rings. The number of aromatic nitrogens is 1. The minimum Gasteiger partial charge on any atom is -0.478 e. The number of hydrogen-bond acceptors (Lipinski definition) is 2. The Morgan fingerprint density at radius 1 is 1.53 bits per heavy atom. The summed E-state index contributed by atoms with van der Waals surface area (Å²) < 4.78 is 36.7. The van der Waals surface area contributed by atoms with Crippen molar-refractivity contribution in [2.75, 3.05) is 0 Å². The molecule has 0 bridgehead atoms. The normalized spacial score (nSPS) is 11.5. The summed E-state index contributed by atoms with van der Waals surface area (Å²) >= 11 is 0. The van der Waals surface area contributed by atoms with Gasteiger partial charge in [0.25, 0.3) is 0 Å². The van der Waals surface area contributed by atoms with E-state index in [1.165, 1.54) is 0 Å². The molecule has 6 heteroatoms. The zero-order valence-corrected chi connectivity index (χ0v) is 7.80. The van der Waals surface area contributed by atoms with Crippen molar-refractivity contribution in [1.29, 1.82) is 0 Å². The largest absolute Gasteiger partial charge is 0.478 e. The van der Waals surface area contributed by atoms with E-state index >= 15 is 0 Å². The summed E-state index contributed by atoms with van der Waals surface area (Å²) in [5, 5.41) is 8.67. The molecule has 0 aliphatic heterocycles. The molecule has 3 nitrogen and oxygen atoms in total. The zero-order valence-electron chi connectivity index (χ0n) is 7.80. The molecule has 1 heterocycles. The first kappa shape index (κ1) is 11.5. The molecular formula is C9H8F3NO2. The second-order valence-corrected chi connectivity index (χ2v) is 2.88. The predicted molar refractivity (Wildman–Crippen MR) is 45.6 cm³/mol. The number of aromatic carboxylic acids is 1. The minimum atomic E-state index is -4.54. The molecule has 1 rings (SSSR count). The SMILES string of the molecule is CCc1cc(C(F)(F)F)ncc1C(=O)O. The molecule has 0 fully saturated rings. The molecule has 1 aromatic heterocycles. The van der Waals surface area contributed by atoms with Crippen LogP contribution < -0.4 is 0 Å². The van der Waals surface area contributed by atoms with E-state index in [0.29, 0.717) is 0 Å². The van der Waals surface area contributed by atoms with Crippen LogP contribution in [0.4, 0.5) is 13.2 Å². The van der Waals surface area contributed by atoms with Gasteiger partial charge < -0.3 is 5.11 Å². The lowest BCUT2D eigenvalue weighted by atomic mass is 10.1. The van der Waals surface area contributed by atoms with Crippen molar-refractivity contribution in [3.63, 3.8) is 0 Å². The van der Waals surface area contributed by atoms with Gasteiger partial charge in [0.15, 0.2) is 0 Å². The van der Waals surface area contributed by atoms with Crippen LogP contribution in [0, 0.1) is 0 Å². The maximum absolute atomic E-state index is 12.2. The number of aryl methyl sites for hydroxylation is 1. The third-order valence-electron chi connectivity index (χ3n) is 1.89. The van der Waals surface area contributed by atoms with Gasteiger partial charge in [-0.1, -0.05) is 6.92 Å². The second-order valence-electron chi connectivity index (χ2n) is 2.88. The maximum Gasteiger partial charge on any atom is 0.433 e. The Morgan fingerprint density at radius 3 is 2.53 bits per heavy atom. The number of carbonyl (C=O) groups is 1. The quantitative estimate of drug-likeness (QED) is 0.830. The van der Waals surface area contributed by atoms with Gasteiger partial charge in [0.05, 0.1) is 5.56 Å². The minimum absolute atomic E-state index is 0.129. The van der Waals surface area contributed by atoms with Gasteiger partial charge in [-0.2, -0.15) is 13.2 Å². The van der Waals surface area contributed by atoms with Gasteiger partial charge in [-0.15, -0.1) is 0 Å². The highest BCUT2D eigenvalue weighted by Gasteiger charge is 2.33. The molecule has 0 spiro atoms. The smallest absolute Gasteiger partial charge is 0.433 e. The molecular weight excluding hydrogens is 211 g/mol. The second kappa shape index (κ2) is 3.88. The average Bonchev–Trinajstić information content (AvgIpc) is 2.15. The molecule has 0 radical (unpaired) electrons. The molecule has 0 atom stereocenters. The fraction of sp³-hybridized carbons (Fsp3) is 0.333. The molecule has 15 heavy (non-hydrogen) atoms. The molecule has 0 aromatic carbocycles. The van der Waals surface area contributed by atoms with Crippen LogP contribution in [0.25, 0.3) is 0 Å². The highest BCUT2D eigenvalue weighted by atomic mass is 19.4. The van der Waals surface area contributed by atoms with Gasteiger partial charge in [-0.25, -0.2) is 4.79 Å². The number of carboxylic acid groups (broad SMARTS) is 1. The summed E-state index contributed by atoms with van der Waals surface area (Å²) in [6, 6.07) is 0.767. The third kappa shape index (κ3) is 2.45. The number of nitrogens with zero attached hydrogens (tertiary/aromatic N) is 1. The molecule has 0 saturated heterocycles. The number of carboxylic acids is 1. The van der Waals surface area contributed by atoms with Crippen LogP contribution in [0.15, 0.2) is 12.3 Å². The molecule has 0 aliphatic carbocycles. The van der Waals surface area contributed by atoms with Crippen molar-refractivity contribution in [3.05, 3.63) is 29.1 Å². The molecule has 1 N–H and O–H groups in total. The molecule has 82 valence electrons. The van der Waals surface area contributed by atoms with Crippen LogP contribution in [-0.4, -0.2) is 16.1 Å². The van der Waals surface area contributed by atoms with Gasteiger partial charge in [0, 0.05) is 6.20 Å². The standard InChI is InChI=1S/C9H8F3NO2/c1-2-5-3-7(9(10,11)12)13-4-6(5)8(14)15/h3-4H,2H2,1H3,(H,14,15). The zero-order chi connectivity index (χ0) is 11.6. The van der Waals surface area contributed by atoms with Crippen LogP contribution in [0.5, 0.6) is 0 Å². The summed E-state index contributed by atoms with van der Waals surface area (Å²) in [7, 11) is 0. The van der Waals surface area contributed by atoms with E-state index in [1.54, 1.807) is 6.92 Å². The molecule has 0 amide bonds. The fourth-order valence-corrected chi connectivity index (χ4v) is 1.14. The van der Waals surface area contributed by atoms with Crippen molar-refractivity contribution in [2.24, 2.45) is 0 Å². The Balaban J connectivity index is 3.25. The van der Waals surface area contributed by atoms with Crippen molar-refractivity contribution in [3.8, 4) is 0 Å². The Kier molecular flexibility index (Phi) is 2.97. The van der Waals surface area contributed by atoms with E-state index in [2.05, 4.69) is 4.98 Å². The topological polar surface area (TPSA) is 50.2 Å². The number of pyridine rings is 1. The summed E-state index contributed by atoms with van der Waals surface area (Å²) in [6.45, 7) is 1.59. The van der Waals surface area contributed by atoms with Crippen molar-refractivity contribution < 1.29 is 23.1 Å². The van der Waals surface area contributed by atoms with Gasteiger partial charge in [-0.3, -0.25) is 4.98 Å². The Morgan fingerprint density at radius 2 is 2.13 bits per heavy atom. The van der Waals surface area contributed by atoms with Crippen molar-refractivity contribution >= 4 is 5.97 Å². The molecule has 0 saturated carbocycles. The molecule has 0 aliphatic rings. The summed E-state index contributed by atoms with van der Waals surface area (Å²) in [6.07, 6.45) is -3.59. The van der Waals surface area contributed by atoms with Crippen LogP contribution in [0.1, 0.15) is 28.5 Å². The number of hydrogen-bond donors (Lipinski definition) is 1. The van der Waals surface area contributed by atoms with Crippen molar-refractivity contribution in [1.82, 2.24) is 4.98 Å². The Labute approximate surface area is 83.6 Å². The fourth-order valence-electron chi connectivity index (χ4n) is 1.14. The van der Waals surface area contributed by atoms with Gasteiger partial charge in [0.1, 0.15) is 5.69 Å². The maximum atomic E-state index is 12.2. The lowest BCUT2D eigenvalue weighted by Crippen LogP contribution is -2.11. The van der Waals surface area contributed by atoms with E-state index in [4.69, 9.17) is 5.11 Å². The van der Waals surface area contributed by atoms with Crippen LogP contribution in [0.3, 0.4) is 0 Å². The molecule has 0 unspecified atom stereocenters. The number of rotatable bonds is 2. The van der Waals surface area contributed by atoms with Crippen molar-refractivity contribution in [2.45, 2.75) is 19.5 Å². The van der Waals surface area contributed by atoms with Gasteiger partial charge in [0.2, 0.25) is 0 Å². The lowest BCUT2D eigenvalue weighted by Gasteiger charge is -2.08. The summed E-state index contributed by atoms with van der Waals surface area (Å²) in [5.41, 5.74) is -1.13. The third-order valence-corrected chi connectivity index (χ3v) is 1.89. The number of alkyl halides is 3. The van der Waals surface area contributed by atoms with Crippen LogP contribution in [0.2, 0.25) is 0 Å². The van der Waals surface area contributed by atoms with E-state index < -0.39 is 17.8 Å². The lowest BCUT2D eigenvalue weighted by molar-refractivity contribution is -0.141. The Hall–Kier alpha value is -1.59. The highest BCUT2D eigenvalue weighted by molar-refractivity contribution is 5.89. The monoisotopic (exact) mass is 219 g/mol.